The van der Waals surface area contributed by atoms with Gasteiger partial charge in [0, 0.05) is 11.3 Å². The van der Waals surface area contributed by atoms with Gasteiger partial charge in [-0.1, -0.05) is 24.3 Å². The molecule has 5 heteroatoms. The molecular formula is C15H14BrNO3. The van der Waals surface area contributed by atoms with E-state index in [0.29, 0.717) is 21.5 Å². The minimum atomic E-state index is -0.435. The Labute approximate surface area is 125 Å². The minimum absolute atomic E-state index is 0.143. The molecule has 0 bridgehead atoms. The van der Waals surface area contributed by atoms with Crippen molar-refractivity contribution in [1.29, 1.82) is 0 Å². The topological polar surface area (TPSA) is 61.5 Å². The number of nitrogen functional groups attached to an aromatic ring is 1. The highest BCUT2D eigenvalue weighted by molar-refractivity contribution is 9.10. The number of carbonyl (C=O) groups is 1. The van der Waals surface area contributed by atoms with E-state index < -0.39 is 5.97 Å². The molecule has 0 radical (unpaired) electrons. The van der Waals surface area contributed by atoms with Crippen molar-refractivity contribution in [2.45, 2.75) is 6.61 Å². The van der Waals surface area contributed by atoms with Gasteiger partial charge in [-0.3, -0.25) is 0 Å². The summed E-state index contributed by atoms with van der Waals surface area (Å²) < 4.78 is 11.0. The third-order valence-corrected chi connectivity index (χ3v) is 3.68. The van der Waals surface area contributed by atoms with E-state index in [9.17, 15) is 4.79 Å². The zero-order chi connectivity index (χ0) is 14.5. The summed E-state index contributed by atoms with van der Waals surface area (Å²) in [5, 5.41) is 0. The molecule has 0 unspecified atom stereocenters. The number of methoxy groups -OCH3 is 1. The van der Waals surface area contributed by atoms with Crippen molar-refractivity contribution in [1.82, 2.24) is 0 Å². The molecule has 104 valence electrons. The first-order chi connectivity index (χ1) is 9.63. The number of benzene rings is 2. The summed E-state index contributed by atoms with van der Waals surface area (Å²) in [4.78, 5) is 12.0. The van der Waals surface area contributed by atoms with Gasteiger partial charge in [-0.25, -0.2) is 4.79 Å². The van der Waals surface area contributed by atoms with Crippen molar-refractivity contribution in [3.8, 4) is 5.75 Å². The summed E-state index contributed by atoms with van der Waals surface area (Å²) in [5.74, 6) is 0.252. The van der Waals surface area contributed by atoms with E-state index in [1.807, 2.05) is 24.3 Å². The Morgan fingerprint density at radius 1 is 1.20 bits per heavy atom. The first kappa shape index (κ1) is 14.4. The largest absolute Gasteiger partial charge is 0.496 e. The molecule has 0 aromatic heterocycles. The lowest BCUT2D eigenvalue weighted by Crippen LogP contribution is -2.07. The molecule has 0 spiro atoms. The fraction of sp³-hybridized carbons (Fsp3) is 0.133. The second-order valence-corrected chi connectivity index (χ2v) is 4.89. The normalized spacial score (nSPS) is 10.1. The molecule has 0 saturated carbocycles. The van der Waals surface area contributed by atoms with E-state index in [1.54, 1.807) is 25.3 Å². The van der Waals surface area contributed by atoms with Gasteiger partial charge < -0.3 is 15.2 Å². The highest BCUT2D eigenvalue weighted by Gasteiger charge is 2.14. The van der Waals surface area contributed by atoms with E-state index >= 15 is 0 Å². The van der Waals surface area contributed by atoms with Crippen molar-refractivity contribution >= 4 is 27.6 Å². The molecule has 20 heavy (non-hydrogen) atoms. The van der Waals surface area contributed by atoms with Crippen LogP contribution in [-0.2, 0) is 11.3 Å². The molecule has 0 atom stereocenters. The van der Waals surface area contributed by atoms with Gasteiger partial charge in [-0.2, -0.15) is 0 Å². The number of hydrogen-bond donors (Lipinski definition) is 1. The van der Waals surface area contributed by atoms with Gasteiger partial charge in [0.25, 0.3) is 0 Å². The highest BCUT2D eigenvalue weighted by atomic mass is 79.9. The highest BCUT2D eigenvalue weighted by Crippen LogP contribution is 2.25. The van der Waals surface area contributed by atoms with Crippen LogP contribution in [-0.4, -0.2) is 13.1 Å². The molecule has 0 heterocycles. The second-order valence-electron chi connectivity index (χ2n) is 4.10. The summed E-state index contributed by atoms with van der Waals surface area (Å²) in [7, 11) is 1.58. The Hall–Kier alpha value is -2.01. The van der Waals surface area contributed by atoms with Crippen molar-refractivity contribution in [3.05, 3.63) is 58.1 Å². The quantitative estimate of drug-likeness (QED) is 0.687. The lowest BCUT2D eigenvalue weighted by molar-refractivity contribution is 0.0469. The summed E-state index contributed by atoms with van der Waals surface area (Å²) >= 11 is 3.28. The number of anilines is 1. The van der Waals surface area contributed by atoms with Crippen LogP contribution in [0.2, 0.25) is 0 Å². The summed E-state index contributed by atoms with van der Waals surface area (Å²) in [6, 6.07) is 12.5. The van der Waals surface area contributed by atoms with Gasteiger partial charge in [0.2, 0.25) is 0 Å². The zero-order valence-corrected chi connectivity index (χ0v) is 12.5. The van der Waals surface area contributed by atoms with Crippen LogP contribution in [0.25, 0.3) is 0 Å². The molecule has 0 aliphatic carbocycles. The maximum Gasteiger partial charge on any atom is 0.339 e. The first-order valence-electron chi connectivity index (χ1n) is 5.96. The Morgan fingerprint density at radius 3 is 2.70 bits per heavy atom. The molecule has 0 aliphatic heterocycles. The second kappa shape index (κ2) is 6.43. The molecule has 0 saturated heterocycles. The number of para-hydroxylation sites is 1. The summed E-state index contributed by atoms with van der Waals surface area (Å²) in [6.45, 7) is 0.143. The number of hydrogen-bond acceptors (Lipinski definition) is 4. The van der Waals surface area contributed by atoms with Crippen LogP contribution in [0.1, 0.15) is 15.9 Å². The first-order valence-corrected chi connectivity index (χ1v) is 6.75. The van der Waals surface area contributed by atoms with E-state index in [0.717, 1.165) is 5.56 Å². The fourth-order valence-corrected chi connectivity index (χ4v) is 2.18. The van der Waals surface area contributed by atoms with Crippen LogP contribution in [0.15, 0.2) is 46.9 Å². The van der Waals surface area contributed by atoms with Crippen molar-refractivity contribution < 1.29 is 14.3 Å². The Bertz CT molecular complexity index is 628. The van der Waals surface area contributed by atoms with Crippen LogP contribution >= 0.6 is 15.9 Å². The molecular weight excluding hydrogens is 322 g/mol. The third-order valence-electron chi connectivity index (χ3n) is 2.80. The van der Waals surface area contributed by atoms with Gasteiger partial charge in [0.15, 0.2) is 0 Å². The standard InChI is InChI=1S/C15H14BrNO3/c1-19-13-8-3-2-5-10(13)9-20-15(18)11-6-4-7-12(17)14(11)16/h2-8H,9,17H2,1H3. The van der Waals surface area contributed by atoms with Gasteiger partial charge in [-0.05, 0) is 34.1 Å². The lowest BCUT2D eigenvalue weighted by Gasteiger charge is -2.10. The Kier molecular flexibility index (Phi) is 4.63. The maximum absolute atomic E-state index is 12.0. The average molecular weight is 336 g/mol. The van der Waals surface area contributed by atoms with E-state index in [-0.39, 0.29) is 6.61 Å². The molecule has 2 aromatic carbocycles. The van der Waals surface area contributed by atoms with Gasteiger partial charge >= 0.3 is 5.97 Å². The molecule has 2 N–H and O–H groups in total. The van der Waals surface area contributed by atoms with Crippen LogP contribution in [0.5, 0.6) is 5.75 Å². The Balaban J connectivity index is 2.11. The third kappa shape index (κ3) is 3.11. The SMILES string of the molecule is COc1ccccc1COC(=O)c1cccc(N)c1Br. The number of carbonyl (C=O) groups excluding carboxylic acids is 1. The minimum Gasteiger partial charge on any atom is -0.496 e. The van der Waals surface area contributed by atoms with Crippen LogP contribution in [0.4, 0.5) is 5.69 Å². The number of esters is 1. The number of halogens is 1. The van der Waals surface area contributed by atoms with Gasteiger partial charge in [-0.15, -0.1) is 0 Å². The van der Waals surface area contributed by atoms with Crippen molar-refractivity contribution in [2.24, 2.45) is 0 Å². The number of nitrogens with two attached hydrogens (primary N) is 1. The van der Waals surface area contributed by atoms with Gasteiger partial charge in [0.05, 0.1) is 17.1 Å². The molecule has 2 aromatic rings. The van der Waals surface area contributed by atoms with Gasteiger partial charge in [0.1, 0.15) is 12.4 Å². The fourth-order valence-electron chi connectivity index (χ4n) is 1.75. The van der Waals surface area contributed by atoms with Crippen LogP contribution in [0.3, 0.4) is 0 Å². The molecule has 0 fully saturated rings. The molecule has 0 aliphatic rings. The molecule has 0 amide bonds. The smallest absolute Gasteiger partial charge is 0.339 e. The molecule has 2 rings (SSSR count). The van der Waals surface area contributed by atoms with Crippen LogP contribution in [0, 0.1) is 0 Å². The molecule has 4 nitrogen and oxygen atoms in total. The summed E-state index contributed by atoms with van der Waals surface area (Å²) in [6.07, 6.45) is 0. The van der Waals surface area contributed by atoms with Crippen molar-refractivity contribution in [2.75, 3.05) is 12.8 Å². The number of rotatable bonds is 4. The lowest BCUT2D eigenvalue weighted by atomic mass is 10.2. The van der Waals surface area contributed by atoms with E-state index in [4.69, 9.17) is 15.2 Å². The maximum atomic E-state index is 12.0. The number of ether oxygens (including phenoxy) is 2. The van der Waals surface area contributed by atoms with Crippen molar-refractivity contribution in [3.63, 3.8) is 0 Å². The summed E-state index contributed by atoms with van der Waals surface area (Å²) in [5.41, 5.74) is 7.45. The predicted molar refractivity (Wildman–Crippen MR) is 80.7 cm³/mol. The Morgan fingerprint density at radius 2 is 1.95 bits per heavy atom. The van der Waals surface area contributed by atoms with E-state index in [2.05, 4.69) is 15.9 Å². The van der Waals surface area contributed by atoms with Crippen LogP contribution < -0.4 is 10.5 Å². The zero-order valence-electron chi connectivity index (χ0n) is 10.9. The monoisotopic (exact) mass is 335 g/mol. The average Bonchev–Trinajstić information content (AvgIpc) is 2.48. The van der Waals surface area contributed by atoms with E-state index in [1.165, 1.54) is 0 Å². The predicted octanol–water partition coefficient (Wildman–Crippen LogP) is 3.40.